The number of aromatic hydroxyl groups is 1. The molecule has 3 nitrogen and oxygen atoms in total. The topological polar surface area (TPSA) is 63.3 Å². The van der Waals surface area contributed by atoms with E-state index >= 15 is 0 Å². The van der Waals surface area contributed by atoms with E-state index in [2.05, 4.69) is 6.58 Å². The lowest BCUT2D eigenvalue weighted by molar-refractivity contribution is -0.119. The van der Waals surface area contributed by atoms with Gasteiger partial charge in [-0.3, -0.25) is 4.79 Å². The van der Waals surface area contributed by atoms with Crippen LogP contribution in [0.4, 0.5) is 0 Å². The lowest BCUT2D eigenvalue weighted by Gasteiger charge is -2.07. The van der Waals surface area contributed by atoms with Gasteiger partial charge in [0.2, 0.25) is 0 Å². The molecule has 15 heavy (non-hydrogen) atoms. The zero-order valence-electron chi connectivity index (χ0n) is 8.52. The number of carbonyl (C=O) groups excluding carboxylic acids is 1. The van der Waals surface area contributed by atoms with Crippen molar-refractivity contribution >= 4 is 5.78 Å². The second kappa shape index (κ2) is 5.32. The molecule has 0 fully saturated rings. The van der Waals surface area contributed by atoms with Crippen molar-refractivity contribution < 1.29 is 9.90 Å². The number of ketones is 1. The van der Waals surface area contributed by atoms with Gasteiger partial charge in [0, 0.05) is 6.42 Å². The van der Waals surface area contributed by atoms with Crippen molar-refractivity contribution in [1.82, 2.24) is 0 Å². The van der Waals surface area contributed by atoms with Crippen LogP contribution in [0.5, 0.6) is 5.75 Å². The first-order valence-electron chi connectivity index (χ1n) is 4.80. The first-order chi connectivity index (χ1) is 7.13. The van der Waals surface area contributed by atoms with Gasteiger partial charge in [-0.1, -0.05) is 18.2 Å². The summed E-state index contributed by atoms with van der Waals surface area (Å²) in [5, 5.41) is 9.21. The molecule has 0 aliphatic heterocycles. The van der Waals surface area contributed by atoms with Crippen LogP contribution in [-0.4, -0.2) is 16.9 Å². The predicted octanol–water partition coefficient (Wildman–Crippen LogP) is 1.41. The van der Waals surface area contributed by atoms with E-state index < -0.39 is 6.04 Å². The van der Waals surface area contributed by atoms with E-state index in [-0.39, 0.29) is 18.0 Å². The summed E-state index contributed by atoms with van der Waals surface area (Å²) in [6.07, 6.45) is 2.37. The van der Waals surface area contributed by atoms with E-state index in [1.807, 2.05) is 0 Å². The highest BCUT2D eigenvalue weighted by Gasteiger charge is 2.12. The van der Waals surface area contributed by atoms with E-state index in [4.69, 9.17) is 5.73 Å². The van der Waals surface area contributed by atoms with Crippen molar-refractivity contribution in [2.24, 2.45) is 5.73 Å². The van der Waals surface area contributed by atoms with Gasteiger partial charge in [0.1, 0.15) is 5.75 Å². The second-order valence-corrected chi connectivity index (χ2v) is 3.44. The molecule has 0 bridgehead atoms. The number of phenols is 1. The Balaban J connectivity index is 2.62. The monoisotopic (exact) mass is 205 g/mol. The molecule has 1 unspecified atom stereocenters. The zero-order chi connectivity index (χ0) is 11.3. The van der Waals surface area contributed by atoms with Crippen LogP contribution in [0.3, 0.4) is 0 Å². The van der Waals surface area contributed by atoms with Gasteiger partial charge in [0.15, 0.2) is 5.78 Å². The minimum absolute atomic E-state index is 0.0412. The Bertz CT molecular complexity index is 360. The number of nitrogens with two attached hydrogens (primary N) is 1. The highest BCUT2D eigenvalue weighted by atomic mass is 16.3. The fourth-order valence-electron chi connectivity index (χ4n) is 1.31. The van der Waals surface area contributed by atoms with E-state index in [9.17, 15) is 9.90 Å². The Morgan fingerprint density at radius 3 is 2.93 bits per heavy atom. The average Bonchev–Trinajstić information content (AvgIpc) is 2.18. The summed E-state index contributed by atoms with van der Waals surface area (Å²) in [4.78, 5) is 11.6. The minimum atomic E-state index is -0.496. The second-order valence-electron chi connectivity index (χ2n) is 3.44. The Morgan fingerprint density at radius 1 is 1.60 bits per heavy atom. The zero-order valence-corrected chi connectivity index (χ0v) is 8.52. The summed E-state index contributed by atoms with van der Waals surface area (Å²) in [5.74, 6) is 0.123. The smallest absolute Gasteiger partial charge is 0.154 e. The molecule has 80 valence electrons. The lowest BCUT2D eigenvalue weighted by atomic mass is 10.0. The molecular weight excluding hydrogens is 190 g/mol. The van der Waals surface area contributed by atoms with Crippen LogP contribution >= 0.6 is 0 Å². The normalized spacial score (nSPS) is 12.1. The SMILES string of the molecule is C=CCC(N)C(=O)Cc1cccc(O)c1. The number of hydrogen-bond donors (Lipinski definition) is 2. The summed E-state index contributed by atoms with van der Waals surface area (Å²) in [7, 11) is 0. The molecule has 0 saturated carbocycles. The van der Waals surface area contributed by atoms with Gasteiger partial charge in [-0.25, -0.2) is 0 Å². The predicted molar refractivity (Wildman–Crippen MR) is 59.6 cm³/mol. The molecule has 1 aromatic carbocycles. The minimum Gasteiger partial charge on any atom is -0.508 e. The molecule has 0 heterocycles. The van der Waals surface area contributed by atoms with E-state index in [1.165, 1.54) is 0 Å². The number of benzene rings is 1. The third-order valence-corrected chi connectivity index (χ3v) is 2.12. The van der Waals surface area contributed by atoms with Gasteiger partial charge in [0.05, 0.1) is 6.04 Å². The van der Waals surface area contributed by atoms with Gasteiger partial charge >= 0.3 is 0 Å². The van der Waals surface area contributed by atoms with Crippen LogP contribution in [-0.2, 0) is 11.2 Å². The fourth-order valence-corrected chi connectivity index (χ4v) is 1.31. The molecule has 0 aromatic heterocycles. The van der Waals surface area contributed by atoms with Crippen LogP contribution in [0.15, 0.2) is 36.9 Å². The first kappa shape index (κ1) is 11.5. The third kappa shape index (κ3) is 3.56. The molecule has 0 aliphatic carbocycles. The van der Waals surface area contributed by atoms with Crippen molar-refractivity contribution in [2.45, 2.75) is 18.9 Å². The number of phenolic OH excluding ortho intramolecular Hbond substituents is 1. The maximum atomic E-state index is 11.6. The molecule has 1 rings (SSSR count). The first-order valence-corrected chi connectivity index (χ1v) is 4.80. The number of rotatable bonds is 5. The molecule has 0 radical (unpaired) electrons. The maximum absolute atomic E-state index is 11.6. The molecule has 1 aromatic rings. The number of hydrogen-bond acceptors (Lipinski definition) is 3. The van der Waals surface area contributed by atoms with Crippen molar-refractivity contribution in [3.05, 3.63) is 42.5 Å². The van der Waals surface area contributed by atoms with Crippen molar-refractivity contribution in [3.8, 4) is 5.75 Å². The van der Waals surface area contributed by atoms with Crippen LogP contribution in [0.25, 0.3) is 0 Å². The number of Topliss-reactive ketones (excluding diaryl/α,β-unsaturated/α-hetero) is 1. The van der Waals surface area contributed by atoms with Gasteiger partial charge in [-0.2, -0.15) is 0 Å². The molecular formula is C12H15NO2. The summed E-state index contributed by atoms with van der Waals surface area (Å²) in [5.41, 5.74) is 6.41. The Kier molecular flexibility index (Phi) is 4.06. The molecule has 0 saturated heterocycles. The van der Waals surface area contributed by atoms with Gasteiger partial charge in [0.25, 0.3) is 0 Å². The molecule has 3 heteroatoms. The average molecular weight is 205 g/mol. The summed E-state index contributed by atoms with van der Waals surface area (Å²) in [6.45, 7) is 3.53. The number of carbonyl (C=O) groups is 1. The molecule has 0 amide bonds. The highest BCUT2D eigenvalue weighted by molar-refractivity contribution is 5.86. The molecule has 0 spiro atoms. The van der Waals surface area contributed by atoms with Crippen molar-refractivity contribution in [1.29, 1.82) is 0 Å². The maximum Gasteiger partial charge on any atom is 0.154 e. The molecule has 3 N–H and O–H groups in total. The van der Waals surface area contributed by atoms with Crippen molar-refractivity contribution in [2.75, 3.05) is 0 Å². The largest absolute Gasteiger partial charge is 0.508 e. The van der Waals surface area contributed by atoms with Crippen LogP contribution < -0.4 is 5.73 Å². The molecule has 0 aliphatic rings. The van der Waals surface area contributed by atoms with E-state index in [0.29, 0.717) is 6.42 Å². The quantitative estimate of drug-likeness (QED) is 0.714. The standard InChI is InChI=1S/C12H15NO2/c1-2-4-11(13)12(15)8-9-5-3-6-10(14)7-9/h2-3,5-7,11,14H,1,4,8,13H2. The summed E-state index contributed by atoms with van der Waals surface area (Å²) < 4.78 is 0. The fraction of sp³-hybridized carbons (Fsp3) is 0.250. The van der Waals surface area contributed by atoms with Crippen LogP contribution in [0.2, 0.25) is 0 Å². The van der Waals surface area contributed by atoms with E-state index in [0.717, 1.165) is 5.56 Å². The highest BCUT2D eigenvalue weighted by Crippen LogP contribution is 2.12. The van der Waals surface area contributed by atoms with Gasteiger partial charge in [-0.15, -0.1) is 6.58 Å². The third-order valence-electron chi connectivity index (χ3n) is 2.12. The summed E-state index contributed by atoms with van der Waals surface area (Å²) in [6, 6.07) is 6.13. The van der Waals surface area contributed by atoms with Gasteiger partial charge in [-0.05, 0) is 24.1 Å². The Hall–Kier alpha value is -1.61. The van der Waals surface area contributed by atoms with Crippen molar-refractivity contribution in [3.63, 3.8) is 0 Å². The van der Waals surface area contributed by atoms with Crippen LogP contribution in [0, 0.1) is 0 Å². The Morgan fingerprint density at radius 2 is 2.33 bits per heavy atom. The van der Waals surface area contributed by atoms with Gasteiger partial charge < -0.3 is 10.8 Å². The van der Waals surface area contributed by atoms with E-state index in [1.54, 1.807) is 30.3 Å². The lowest BCUT2D eigenvalue weighted by Crippen LogP contribution is -2.31. The molecule has 1 atom stereocenters. The Labute approximate surface area is 89.2 Å². The van der Waals surface area contributed by atoms with Crippen LogP contribution in [0.1, 0.15) is 12.0 Å². The summed E-state index contributed by atoms with van der Waals surface area (Å²) >= 11 is 0.